The van der Waals surface area contributed by atoms with Crippen LogP contribution in [0.25, 0.3) is 118 Å². The highest BCUT2D eigenvalue weighted by atomic mass is 14.1. The molecule has 0 atom stereocenters. The summed E-state index contributed by atoms with van der Waals surface area (Å²) in [5.74, 6) is 0. The SMILES string of the molecule is c1ccc2c(c1)ccc1ccccc12.c1ccc2c(c1)ccc1ccccc12.c1ccc2c(c1)ccc1ccccc12.c1ccc2cc3ccccc3cc2c1.c1ccc2ccccc2c1.c1ccc2ccccc2c1.c1ccc2ccccc2c1.c1ccccc1. The Morgan fingerprint density at radius 1 is 0.0761 bits per heavy atom. The predicted molar refractivity (Wildman–Crippen MR) is 404 cm³/mol. The zero-order chi connectivity index (χ0) is 62.2. The molecule has 19 rings (SSSR count). The van der Waals surface area contributed by atoms with Gasteiger partial charge in [-0.15, -0.1) is 0 Å². The third-order valence-electron chi connectivity index (χ3n) is 16.2. The lowest BCUT2D eigenvalue weighted by Gasteiger charge is -2.02. The van der Waals surface area contributed by atoms with Gasteiger partial charge in [-0.1, -0.05) is 413 Å². The maximum absolute atomic E-state index is 2.24. The molecule has 0 aliphatic rings. The predicted octanol–water partition coefficient (Wildman–Crippen LogP) is 26.2. The molecule has 0 unspecified atom stereocenters. The van der Waals surface area contributed by atoms with E-state index in [4.69, 9.17) is 0 Å². The van der Waals surface area contributed by atoms with Crippen LogP contribution in [0.4, 0.5) is 0 Å². The van der Waals surface area contributed by atoms with Crippen molar-refractivity contribution in [2.45, 2.75) is 0 Å². The van der Waals surface area contributed by atoms with E-state index in [2.05, 4.69) is 388 Å². The quantitative estimate of drug-likeness (QED) is 0.105. The van der Waals surface area contributed by atoms with Gasteiger partial charge in [-0.05, 0) is 131 Å². The van der Waals surface area contributed by atoms with Gasteiger partial charge in [0.1, 0.15) is 0 Å². The summed E-state index contributed by atoms with van der Waals surface area (Å²) in [6.07, 6.45) is 0. The van der Waals surface area contributed by atoms with Crippen LogP contribution in [0.1, 0.15) is 0 Å². The van der Waals surface area contributed by atoms with Crippen LogP contribution in [0, 0.1) is 0 Å². The minimum Gasteiger partial charge on any atom is -0.0623 e. The first kappa shape index (κ1) is 60.3. The van der Waals surface area contributed by atoms with Crippen LogP contribution in [0.15, 0.2) is 425 Å². The molecule has 0 heteroatoms. The molecule has 0 fully saturated rings. The second-order valence-electron chi connectivity index (χ2n) is 22.3. The number of fused-ring (bicyclic) bond motifs is 14. The van der Waals surface area contributed by atoms with Gasteiger partial charge in [0.2, 0.25) is 0 Å². The molecule has 0 N–H and O–H groups in total. The Labute approximate surface area is 539 Å². The van der Waals surface area contributed by atoms with Crippen molar-refractivity contribution in [2.75, 3.05) is 0 Å². The number of hydrogen-bond donors (Lipinski definition) is 0. The first-order valence-corrected chi connectivity index (χ1v) is 31.5. The lowest BCUT2D eigenvalue weighted by atomic mass is 10.0. The van der Waals surface area contributed by atoms with E-state index in [0.29, 0.717) is 0 Å². The molecule has 19 aromatic rings. The van der Waals surface area contributed by atoms with Crippen molar-refractivity contribution < 1.29 is 0 Å². The van der Waals surface area contributed by atoms with Gasteiger partial charge in [-0.25, -0.2) is 0 Å². The van der Waals surface area contributed by atoms with Gasteiger partial charge < -0.3 is 0 Å². The van der Waals surface area contributed by atoms with Crippen molar-refractivity contribution >= 4 is 118 Å². The van der Waals surface area contributed by atoms with Crippen molar-refractivity contribution in [3.63, 3.8) is 0 Å². The minimum absolute atomic E-state index is 1.31. The van der Waals surface area contributed by atoms with E-state index in [1.54, 1.807) is 0 Å². The van der Waals surface area contributed by atoms with Crippen LogP contribution in [-0.4, -0.2) is 0 Å². The first-order chi connectivity index (χ1) is 45.7. The Hall–Kier alpha value is -12.0. The Morgan fingerprint density at radius 3 is 0.326 bits per heavy atom. The van der Waals surface area contributed by atoms with Crippen LogP contribution in [0.2, 0.25) is 0 Å². The zero-order valence-electron chi connectivity index (χ0n) is 51.4. The number of rotatable bonds is 0. The van der Waals surface area contributed by atoms with Crippen molar-refractivity contribution in [3.05, 3.63) is 425 Å². The van der Waals surface area contributed by atoms with E-state index in [9.17, 15) is 0 Å². The normalized spacial score (nSPS) is 10.4. The largest absolute Gasteiger partial charge is 0.0623 e. The highest BCUT2D eigenvalue weighted by molar-refractivity contribution is 6.09. The second kappa shape index (κ2) is 31.3. The van der Waals surface area contributed by atoms with Crippen LogP contribution in [0.3, 0.4) is 0 Å². The average molecular weight is 1180 g/mol. The molecule has 0 aromatic heterocycles. The molecule has 0 radical (unpaired) electrons. The van der Waals surface area contributed by atoms with Gasteiger partial charge in [-0.3, -0.25) is 0 Å². The summed E-state index contributed by atoms with van der Waals surface area (Å²) in [4.78, 5) is 0. The molecule has 0 saturated carbocycles. The Kier molecular flexibility index (Phi) is 20.5. The lowest BCUT2D eigenvalue weighted by molar-refractivity contribution is 1.72. The summed E-state index contributed by atoms with van der Waals surface area (Å²) in [6.45, 7) is 0. The van der Waals surface area contributed by atoms with Gasteiger partial charge >= 0.3 is 0 Å². The Bertz CT molecular complexity index is 4540. The molecular formula is C92H70. The van der Waals surface area contributed by atoms with E-state index < -0.39 is 0 Å². The average Bonchev–Trinajstić information content (AvgIpc) is 1.79. The summed E-state index contributed by atoms with van der Waals surface area (Å²) < 4.78 is 0. The van der Waals surface area contributed by atoms with Crippen molar-refractivity contribution in [3.8, 4) is 0 Å². The smallest absolute Gasteiger partial charge is 0.0105 e. The Balaban J connectivity index is 0.000000102. The van der Waals surface area contributed by atoms with Crippen molar-refractivity contribution in [1.29, 1.82) is 0 Å². The van der Waals surface area contributed by atoms with E-state index in [1.807, 2.05) is 36.4 Å². The van der Waals surface area contributed by atoms with Gasteiger partial charge in [0, 0.05) is 0 Å². The molecule has 0 aliphatic carbocycles. The lowest BCUT2D eigenvalue weighted by Crippen LogP contribution is -1.75. The molecule has 92 heavy (non-hydrogen) atoms. The summed E-state index contributed by atoms with van der Waals surface area (Å²) in [7, 11) is 0. The fourth-order valence-corrected chi connectivity index (χ4v) is 11.5. The Morgan fingerprint density at radius 2 is 0.185 bits per heavy atom. The molecule has 0 heterocycles. The molecule has 0 nitrogen and oxygen atoms in total. The summed E-state index contributed by atoms with van der Waals surface area (Å²) in [5.41, 5.74) is 0. The maximum atomic E-state index is 2.24. The summed E-state index contributed by atoms with van der Waals surface area (Å²) >= 11 is 0. The molecule has 438 valence electrons. The highest BCUT2D eigenvalue weighted by Crippen LogP contribution is 2.28. The fraction of sp³-hybridized carbons (Fsp3) is 0. The van der Waals surface area contributed by atoms with Crippen molar-refractivity contribution in [2.24, 2.45) is 0 Å². The molecule has 0 amide bonds. The van der Waals surface area contributed by atoms with E-state index >= 15 is 0 Å². The number of benzene rings is 19. The second-order valence-corrected chi connectivity index (χ2v) is 22.3. The van der Waals surface area contributed by atoms with Crippen LogP contribution in [-0.2, 0) is 0 Å². The first-order valence-electron chi connectivity index (χ1n) is 31.5. The fourth-order valence-electron chi connectivity index (χ4n) is 11.5. The van der Waals surface area contributed by atoms with E-state index in [1.165, 1.54) is 118 Å². The number of hydrogen-bond acceptors (Lipinski definition) is 0. The van der Waals surface area contributed by atoms with Gasteiger partial charge in [0.25, 0.3) is 0 Å². The third-order valence-corrected chi connectivity index (χ3v) is 16.2. The van der Waals surface area contributed by atoms with Gasteiger partial charge in [0.05, 0.1) is 0 Å². The molecular weight excluding hydrogens is 1110 g/mol. The van der Waals surface area contributed by atoms with Crippen LogP contribution < -0.4 is 0 Å². The van der Waals surface area contributed by atoms with Crippen LogP contribution in [0.5, 0.6) is 0 Å². The summed E-state index contributed by atoms with van der Waals surface area (Å²) in [6, 6.07) is 148. The highest BCUT2D eigenvalue weighted by Gasteiger charge is 2.01. The summed E-state index contributed by atoms with van der Waals surface area (Å²) in [5, 5.41) is 29.0. The monoisotopic (exact) mass is 1170 g/mol. The molecule has 0 spiro atoms. The van der Waals surface area contributed by atoms with Crippen LogP contribution >= 0.6 is 0 Å². The topological polar surface area (TPSA) is 0 Å². The third kappa shape index (κ3) is 15.8. The minimum atomic E-state index is 1.31. The molecule has 0 aliphatic heterocycles. The maximum Gasteiger partial charge on any atom is -0.0105 e. The van der Waals surface area contributed by atoms with E-state index in [-0.39, 0.29) is 0 Å². The van der Waals surface area contributed by atoms with E-state index in [0.717, 1.165) is 0 Å². The molecule has 0 bridgehead atoms. The van der Waals surface area contributed by atoms with Gasteiger partial charge in [-0.2, -0.15) is 0 Å². The standard InChI is InChI=1S/4C14H10.3C10H8.C6H6/c3*1-3-7-13-11(5-1)9-10-12-6-2-4-8-14(12)13;1-2-6-12-10-14-8-4-3-7-13(14)9-11(12)5-1;3*1-2-6-10-8-4-3-7-9(10)5-1;1-2-4-6-5-3-1/h4*1-10H;3*1-8H;1-6H. The van der Waals surface area contributed by atoms with Gasteiger partial charge in [0.15, 0.2) is 0 Å². The molecule has 19 aromatic carbocycles. The molecule has 0 saturated heterocycles. The zero-order valence-corrected chi connectivity index (χ0v) is 51.4. The van der Waals surface area contributed by atoms with Crippen molar-refractivity contribution in [1.82, 2.24) is 0 Å².